The van der Waals surface area contributed by atoms with Crippen molar-refractivity contribution in [3.05, 3.63) is 53.8 Å². The second-order valence-electron chi connectivity index (χ2n) is 5.94. The number of halogens is 1. The first-order valence-electron chi connectivity index (χ1n) is 7.59. The zero-order valence-electron chi connectivity index (χ0n) is 13.4. The van der Waals surface area contributed by atoms with E-state index < -0.39 is 25.9 Å². The van der Waals surface area contributed by atoms with E-state index in [1.54, 1.807) is 0 Å². The van der Waals surface area contributed by atoms with Gasteiger partial charge in [-0.1, -0.05) is 6.07 Å². The van der Waals surface area contributed by atoms with Crippen LogP contribution in [0.25, 0.3) is 0 Å². The molecule has 0 unspecified atom stereocenters. The Morgan fingerprint density at radius 1 is 0.920 bits per heavy atom. The maximum absolute atomic E-state index is 13.6. The summed E-state index contributed by atoms with van der Waals surface area (Å²) >= 11 is 0. The molecule has 0 atom stereocenters. The van der Waals surface area contributed by atoms with E-state index in [0.717, 1.165) is 18.9 Å². The summed E-state index contributed by atoms with van der Waals surface area (Å²) < 4.78 is 67.2. The Balaban J connectivity index is 1.79. The molecule has 0 saturated heterocycles. The first-order chi connectivity index (χ1) is 11.7. The lowest BCUT2D eigenvalue weighted by atomic mass is 10.2. The van der Waals surface area contributed by atoms with Crippen LogP contribution >= 0.6 is 0 Å². The van der Waals surface area contributed by atoms with Gasteiger partial charge in [0.05, 0.1) is 9.79 Å². The molecule has 0 aliphatic heterocycles. The van der Waals surface area contributed by atoms with Gasteiger partial charge in [-0.15, -0.1) is 0 Å². The molecule has 6 nitrogen and oxygen atoms in total. The normalized spacial score (nSPS) is 15.1. The standard InChI is InChI=1S/C16H17FN2O4S2/c1-11-2-7-15(10-16(11)17)25(22,23)19-13-5-8-14(9-6-13)24(20,21)18-12-3-4-12/h2,5-10,12,18-19H,3-4H2,1H3. The quantitative estimate of drug-likeness (QED) is 0.800. The summed E-state index contributed by atoms with van der Waals surface area (Å²) in [5.74, 6) is -0.615. The van der Waals surface area contributed by atoms with Crippen LogP contribution < -0.4 is 9.44 Å². The molecule has 0 amide bonds. The van der Waals surface area contributed by atoms with Crippen molar-refractivity contribution in [1.29, 1.82) is 0 Å². The minimum Gasteiger partial charge on any atom is -0.280 e. The van der Waals surface area contributed by atoms with Crippen LogP contribution in [0.4, 0.5) is 10.1 Å². The second kappa shape index (κ2) is 6.40. The van der Waals surface area contributed by atoms with Gasteiger partial charge in [0.15, 0.2) is 0 Å². The number of anilines is 1. The Morgan fingerprint density at radius 3 is 2.08 bits per heavy atom. The maximum Gasteiger partial charge on any atom is 0.261 e. The second-order valence-corrected chi connectivity index (χ2v) is 9.33. The number of rotatable bonds is 6. The van der Waals surface area contributed by atoms with Gasteiger partial charge in [-0.2, -0.15) is 0 Å². The van der Waals surface area contributed by atoms with E-state index in [9.17, 15) is 21.2 Å². The number of hydrogen-bond acceptors (Lipinski definition) is 4. The van der Waals surface area contributed by atoms with E-state index in [0.29, 0.717) is 5.56 Å². The van der Waals surface area contributed by atoms with Crippen molar-refractivity contribution < 1.29 is 21.2 Å². The van der Waals surface area contributed by atoms with Crippen LogP contribution in [-0.2, 0) is 20.0 Å². The van der Waals surface area contributed by atoms with Crippen LogP contribution in [0, 0.1) is 12.7 Å². The van der Waals surface area contributed by atoms with Crippen LogP contribution in [0.15, 0.2) is 52.3 Å². The largest absolute Gasteiger partial charge is 0.280 e. The van der Waals surface area contributed by atoms with E-state index in [1.165, 1.54) is 43.3 Å². The molecule has 1 fully saturated rings. The average Bonchev–Trinajstić information content (AvgIpc) is 3.33. The van der Waals surface area contributed by atoms with Gasteiger partial charge < -0.3 is 0 Å². The zero-order valence-corrected chi connectivity index (χ0v) is 15.0. The van der Waals surface area contributed by atoms with Gasteiger partial charge in [0.1, 0.15) is 5.82 Å². The summed E-state index contributed by atoms with van der Waals surface area (Å²) in [5, 5.41) is 0. The molecule has 134 valence electrons. The lowest BCUT2D eigenvalue weighted by Gasteiger charge is -2.10. The van der Waals surface area contributed by atoms with Gasteiger partial charge in [-0.3, -0.25) is 4.72 Å². The summed E-state index contributed by atoms with van der Waals surface area (Å²) in [4.78, 5) is -0.147. The SMILES string of the molecule is Cc1ccc(S(=O)(=O)Nc2ccc(S(=O)(=O)NC3CC3)cc2)cc1F. The molecule has 2 aromatic rings. The molecule has 1 aliphatic rings. The molecule has 2 aromatic carbocycles. The third-order valence-electron chi connectivity index (χ3n) is 3.77. The molecule has 0 spiro atoms. The summed E-state index contributed by atoms with van der Waals surface area (Å²) in [6, 6.07) is 8.95. The summed E-state index contributed by atoms with van der Waals surface area (Å²) in [5.41, 5.74) is 0.531. The molecular weight excluding hydrogens is 367 g/mol. The lowest BCUT2D eigenvalue weighted by Crippen LogP contribution is -2.25. The topological polar surface area (TPSA) is 92.3 Å². The van der Waals surface area contributed by atoms with Gasteiger partial charge >= 0.3 is 0 Å². The summed E-state index contributed by atoms with van der Waals surface area (Å²) in [6.45, 7) is 1.54. The predicted molar refractivity (Wildman–Crippen MR) is 91.7 cm³/mol. The number of sulfonamides is 2. The minimum absolute atomic E-state index is 0.0142. The molecule has 9 heteroatoms. The Morgan fingerprint density at radius 2 is 1.52 bits per heavy atom. The Hall–Kier alpha value is -1.97. The number of aryl methyl sites for hydroxylation is 1. The highest BCUT2D eigenvalue weighted by molar-refractivity contribution is 7.92. The van der Waals surface area contributed by atoms with Crippen LogP contribution in [0.5, 0.6) is 0 Å². The predicted octanol–water partition coefficient (Wildman–Crippen LogP) is 2.38. The molecule has 0 heterocycles. The molecule has 2 N–H and O–H groups in total. The van der Waals surface area contributed by atoms with Crippen molar-refractivity contribution in [2.45, 2.75) is 35.6 Å². The average molecular weight is 384 g/mol. The van der Waals surface area contributed by atoms with Gasteiger partial charge in [0.25, 0.3) is 10.0 Å². The maximum atomic E-state index is 13.6. The van der Waals surface area contributed by atoms with Crippen molar-refractivity contribution in [3.8, 4) is 0 Å². The Bertz CT molecular complexity index is 999. The van der Waals surface area contributed by atoms with Crippen LogP contribution in [0.3, 0.4) is 0 Å². The van der Waals surface area contributed by atoms with E-state index in [2.05, 4.69) is 9.44 Å². The van der Waals surface area contributed by atoms with Crippen molar-refractivity contribution in [3.63, 3.8) is 0 Å². The van der Waals surface area contributed by atoms with Crippen LogP contribution in [0.2, 0.25) is 0 Å². The van der Waals surface area contributed by atoms with Crippen LogP contribution in [-0.4, -0.2) is 22.9 Å². The lowest BCUT2D eigenvalue weighted by molar-refractivity contribution is 0.581. The molecule has 3 rings (SSSR count). The highest BCUT2D eigenvalue weighted by Crippen LogP contribution is 2.23. The fourth-order valence-corrected chi connectivity index (χ4v) is 4.52. The first kappa shape index (κ1) is 17.8. The zero-order chi connectivity index (χ0) is 18.2. The van der Waals surface area contributed by atoms with Crippen molar-refractivity contribution in [2.75, 3.05) is 4.72 Å². The van der Waals surface area contributed by atoms with E-state index >= 15 is 0 Å². The van der Waals surface area contributed by atoms with E-state index in [1.807, 2.05) is 0 Å². The number of benzene rings is 2. The Labute approximate surface area is 146 Å². The highest BCUT2D eigenvalue weighted by Gasteiger charge is 2.28. The van der Waals surface area contributed by atoms with Crippen molar-refractivity contribution in [2.24, 2.45) is 0 Å². The van der Waals surface area contributed by atoms with E-state index in [4.69, 9.17) is 0 Å². The molecule has 0 radical (unpaired) electrons. The molecule has 0 bridgehead atoms. The fourth-order valence-electron chi connectivity index (χ4n) is 2.15. The van der Waals surface area contributed by atoms with Crippen molar-refractivity contribution in [1.82, 2.24) is 4.72 Å². The third-order valence-corrected chi connectivity index (χ3v) is 6.68. The van der Waals surface area contributed by atoms with Gasteiger partial charge in [-0.05, 0) is 61.7 Å². The highest BCUT2D eigenvalue weighted by atomic mass is 32.2. The van der Waals surface area contributed by atoms with Gasteiger partial charge in [0.2, 0.25) is 10.0 Å². The molecule has 1 saturated carbocycles. The summed E-state index contributed by atoms with van der Waals surface area (Å²) in [7, 11) is -7.56. The molecule has 25 heavy (non-hydrogen) atoms. The third kappa shape index (κ3) is 4.17. The minimum atomic E-state index is -3.96. The Kier molecular flexibility index (Phi) is 4.56. The molecule has 0 aromatic heterocycles. The molecule has 1 aliphatic carbocycles. The first-order valence-corrected chi connectivity index (χ1v) is 10.6. The fraction of sp³-hybridized carbons (Fsp3) is 0.250. The number of hydrogen-bond donors (Lipinski definition) is 2. The molecular formula is C16H17FN2O4S2. The number of nitrogens with one attached hydrogen (secondary N) is 2. The van der Waals surface area contributed by atoms with Gasteiger partial charge in [0, 0.05) is 11.7 Å². The van der Waals surface area contributed by atoms with Gasteiger partial charge in [-0.25, -0.2) is 25.9 Å². The van der Waals surface area contributed by atoms with Crippen molar-refractivity contribution >= 4 is 25.7 Å². The smallest absolute Gasteiger partial charge is 0.261 e. The monoisotopic (exact) mass is 384 g/mol. The van der Waals surface area contributed by atoms with Crippen LogP contribution in [0.1, 0.15) is 18.4 Å². The summed E-state index contributed by atoms with van der Waals surface area (Å²) in [6.07, 6.45) is 1.65. The van der Waals surface area contributed by atoms with E-state index in [-0.39, 0.29) is 21.5 Å².